The zero-order valence-electron chi connectivity index (χ0n) is 17.4. The summed E-state index contributed by atoms with van der Waals surface area (Å²) in [5.74, 6) is 0.581. The van der Waals surface area contributed by atoms with E-state index in [-0.39, 0.29) is 5.91 Å². The lowest BCUT2D eigenvalue weighted by atomic mass is 10.1. The molecule has 0 bridgehead atoms. The van der Waals surface area contributed by atoms with Crippen molar-refractivity contribution in [1.29, 1.82) is 0 Å². The van der Waals surface area contributed by atoms with Crippen molar-refractivity contribution in [2.24, 2.45) is 0 Å². The van der Waals surface area contributed by atoms with Gasteiger partial charge in [0.1, 0.15) is 5.75 Å². The summed E-state index contributed by atoms with van der Waals surface area (Å²) in [5, 5.41) is 7.65. The molecule has 0 unspecified atom stereocenters. The van der Waals surface area contributed by atoms with E-state index in [0.29, 0.717) is 0 Å². The number of para-hydroxylation sites is 1. The van der Waals surface area contributed by atoms with E-state index in [4.69, 9.17) is 9.84 Å². The smallest absolute Gasteiger partial charge is 0.248 e. The zero-order valence-corrected chi connectivity index (χ0v) is 17.4. The fourth-order valence-corrected chi connectivity index (χ4v) is 3.18. The van der Waals surface area contributed by atoms with E-state index >= 15 is 0 Å². The van der Waals surface area contributed by atoms with Gasteiger partial charge in [-0.2, -0.15) is 5.10 Å². The Morgan fingerprint density at radius 2 is 1.68 bits per heavy atom. The van der Waals surface area contributed by atoms with Gasteiger partial charge >= 0.3 is 0 Å². The van der Waals surface area contributed by atoms with Crippen molar-refractivity contribution in [3.8, 4) is 22.7 Å². The number of aryl methyl sites for hydroxylation is 1. The second-order valence-corrected chi connectivity index (χ2v) is 7.13. The zero-order chi connectivity index (χ0) is 21.6. The topological polar surface area (TPSA) is 56.2 Å². The van der Waals surface area contributed by atoms with Crippen LogP contribution in [0.25, 0.3) is 23.0 Å². The summed E-state index contributed by atoms with van der Waals surface area (Å²) in [4.78, 5) is 12.4. The first-order valence-electron chi connectivity index (χ1n) is 9.97. The molecule has 0 fully saturated rings. The van der Waals surface area contributed by atoms with Gasteiger partial charge in [0.25, 0.3) is 0 Å². The van der Waals surface area contributed by atoms with Gasteiger partial charge in [0.2, 0.25) is 5.91 Å². The van der Waals surface area contributed by atoms with E-state index in [2.05, 4.69) is 5.32 Å². The molecule has 1 heterocycles. The van der Waals surface area contributed by atoms with Crippen LogP contribution in [0.4, 0.5) is 5.69 Å². The number of hydrogen-bond acceptors (Lipinski definition) is 3. The van der Waals surface area contributed by atoms with Crippen LogP contribution in [0.2, 0.25) is 0 Å². The van der Waals surface area contributed by atoms with Crippen LogP contribution in [0.1, 0.15) is 11.1 Å². The maximum absolute atomic E-state index is 12.4. The molecule has 0 aliphatic carbocycles. The van der Waals surface area contributed by atoms with Crippen molar-refractivity contribution in [3.63, 3.8) is 0 Å². The highest BCUT2D eigenvalue weighted by Gasteiger charge is 2.11. The number of amides is 1. The summed E-state index contributed by atoms with van der Waals surface area (Å²) < 4.78 is 7.08. The third-order valence-electron chi connectivity index (χ3n) is 4.86. The Labute approximate surface area is 181 Å². The molecule has 1 N–H and O–H groups in total. The van der Waals surface area contributed by atoms with Crippen LogP contribution in [0, 0.1) is 6.92 Å². The summed E-state index contributed by atoms with van der Waals surface area (Å²) in [6.07, 6.45) is 5.24. The van der Waals surface area contributed by atoms with Crippen molar-refractivity contribution in [1.82, 2.24) is 9.78 Å². The second-order valence-electron chi connectivity index (χ2n) is 7.13. The monoisotopic (exact) mass is 409 g/mol. The van der Waals surface area contributed by atoms with Gasteiger partial charge in [-0.25, -0.2) is 4.68 Å². The van der Waals surface area contributed by atoms with Gasteiger partial charge in [-0.05, 0) is 61.5 Å². The van der Waals surface area contributed by atoms with Gasteiger partial charge in [0.15, 0.2) is 0 Å². The molecule has 4 rings (SSSR count). The fourth-order valence-electron chi connectivity index (χ4n) is 3.18. The quantitative estimate of drug-likeness (QED) is 0.427. The van der Waals surface area contributed by atoms with E-state index in [0.717, 1.165) is 39.5 Å². The van der Waals surface area contributed by atoms with E-state index in [1.165, 1.54) is 6.08 Å². The molecule has 0 saturated heterocycles. The van der Waals surface area contributed by atoms with Gasteiger partial charge < -0.3 is 10.1 Å². The molecule has 154 valence electrons. The van der Waals surface area contributed by atoms with Crippen LogP contribution in [-0.2, 0) is 4.79 Å². The fraction of sp³-hybridized carbons (Fsp3) is 0.0769. The lowest BCUT2D eigenvalue weighted by Gasteiger charge is -2.03. The maximum atomic E-state index is 12.4. The van der Waals surface area contributed by atoms with Gasteiger partial charge in [-0.15, -0.1) is 0 Å². The molecule has 0 aliphatic rings. The van der Waals surface area contributed by atoms with Crippen molar-refractivity contribution in [2.75, 3.05) is 12.4 Å². The third kappa shape index (κ3) is 4.90. The largest absolute Gasteiger partial charge is 0.497 e. The molecule has 0 spiro atoms. The number of anilines is 1. The Balaban J connectivity index is 1.64. The normalized spacial score (nSPS) is 10.9. The Morgan fingerprint density at radius 3 is 2.35 bits per heavy atom. The molecular formula is C26H23N3O2. The molecule has 0 radical (unpaired) electrons. The van der Waals surface area contributed by atoms with Crippen molar-refractivity contribution >= 4 is 17.7 Å². The van der Waals surface area contributed by atoms with Crippen LogP contribution in [0.5, 0.6) is 5.75 Å². The first kappa shape index (κ1) is 20.2. The Kier molecular flexibility index (Phi) is 5.94. The summed E-state index contributed by atoms with van der Waals surface area (Å²) >= 11 is 0. The number of ether oxygens (including phenoxy) is 1. The highest BCUT2D eigenvalue weighted by atomic mass is 16.5. The molecule has 1 amide bonds. The maximum Gasteiger partial charge on any atom is 0.248 e. The minimum absolute atomic E-state index is 0.197. The molecule has 3 aromatic carbocycles. The summed E-state index contributed by atoms with van der Waals surface area (Å²) in [6.45, 7) is 2.01. The number of nitrogens with zero attached hydrogens (tertiary/aromatic N) is 2. The van der Waals surface area contributed by atoms with Crippen LogP contribution >= 0.6 is 0 Å². The van der Waals surface area contributed by atoms with Gasteiger partial charge in [0.05, 0.1) is 18.5 Å². The van der Waals surface area contributed by atoms with Gasteiger partial charge in [-0.1, -0.05) is 35.9 Å². The van der Waals surface area contributed by atoms with Crippen LogP contribution < -0.4 is 10.1 Å². The van der Waals surface area contributed by atoms with Crippen molar-refractivity contribution in [3.05, 3.63) is 102 Å². The molecular weight excluding hydrogens is 386 g/mol. The average Bonchev–Trinajstić information content (AvgIpc) is 3.24. The number of aromatic nitrogens is 2. The van der Waals surface area contributed by atoms with Crippen LogP contribution in [-0.4, -0.2) is 22.8 Å². The van der Waals surface area contributed by atoms with Crippen LogP contribution in [0.3, 0.4) is 0 Å². The number of benzene rings is 3. The van der Waals surface area contributed by atoms with Gasteiger partial charge in [-0.3, -0.25) is 4.79 Å². The Morgan fingerprint density at radius 1 is 0.968 bits per heavy atom. The van der Waals surface area contributed by atoms with E-state index in [1.54, 1.807) is 13.2 Å². The number of hydrogen-bond donors (Lipinski definition) is 1. The van der Waals surface area contributed by atoms with E-state index < -0.39 is 0 Å². The number of nitrogens with one attached hydrogen (secondary N) is 1. The van der Waals surface area contributed by atoms with Crippen molar-refractivity contribution < 1.29 is 9.53 Å². The molecule has 0 saturated carbocycles. The highest BCUT2D eigenvalue weighted by molar-refractivity contribution is 6.02. The second kappa shape index (κ2) is 9.13. The lowest BCUT2D eigenvalue weighted by Crippen LogP contribution is -2.07. The lowest BCUT2D eigenvalue weighted by molar-refractivity contribution is -0.111. The van der Waals surface area contributed by atoms with Crippen molar-refractivity contribution in [2.45, 2.75) is 6.92 Å². The van der Waals surface area contributed by atoms with Gasteiger partial charge in [0, 0.05) is 29.1 Å². The number of carbonyl (C=O) groups is 1. The molecule has 0 atom stereocenters. The SMILES string of the molecule is COc1ccc(-c2nn(-c3ccccc3)cc2C=CC(=O)Nc2ccc(C)cc2)cc1. The standard InChI is InChI=1S/C26H23N3O2/c1-19-8-13-22(14-9-19)27-25(30)17-12-21-18-29(23-6-4-3-5-7-23)28-26(21)20-10-15-24(31-2)16-11-20/h3-18H,1-2H3,(H,27,30). The molecule has 0 aliphatic heterocycles. The summed E-state index contributed by atoms with van der Waals surface area (Å²) in [7, 11) is 1.64. The van der Waals surface area contributed by atoms with Crippen LogP contribution in [0.15, 0.2) is 91.1 Å². The first-order valence-corrected chi connectivity index (χ1v) is 9.97. The molecule has 1 aromatic heterocycles. The summed E-state index contributed by atoms with van der Waals surface area (Å²) in [6, 6.07) is 25.3. The predicted molar refractivity (Wildman–Crippen MR) is 124 cm³/mol. The first-order chi connectivity index (χ1) is 15.1. The molecule has 5 heteroatoms. The average molecular weight is 409 g/mol. The highest BCUT2D eigenvalue weighted by Crippen LogP contribution is 2.26. The molecule has 4 aromatic rings. The Hall–Kier alpha value is -4.12. The molecule has 5 nitrogen and oxygen atoms in total. The number of rotatable bonds is 6. The Bertz CT molecular complexity index is 1190. The minimum Gasteiger partial charge on any atom is -0.497 e. The third-order valence-corrected chi connectivity index (χ3v) is 4.86. The van der Waals surface area contributed by atoms with E-state index in [9.17, 15) is 4.79 Å². The molecule has 31 heavy (non-hydrogen) atoms. The minimum atomic E-state index is -0.197. The van der Waals surface area contributed by atoms with E-state index in [1.807, 2.05) is 96.7 Å². The predicted octanol–water partition coefficient (Wildman–Crippen LogP) is 5.51. The number of carbonyl (C=O) groups excluding carboxylic acids is 1. The summed E-state index contributed by atoms with van der Waals surface area (Å²) in [5.41, 5.74) is 5.41. The number of methoxy groups -OCH3 is 1.